The van der Waals surface area contributed by atoms with Crippen LogP contribution in [0, 0.1) is 11.3 Å². The highest BCUT2D eigenvalue weighted by molar-refractivity contribution is 5.64. The van der Waals surface area contributed by atoms with Gasteiger partial charge in [-0.25, -0.2) is 0 Å². The second kappa shape index (κ2) is 2.69. The highest BCUT2D eigenvalue weighted by Gasteiger charge is 2.58. The lowest BCUT2D eigenvalue weighted by Gasteiger charge is -2.01. The molecule has 2 atom stereocenters. The van der Waals surface area contributed by atoms with Crippen LogP contribution in [0.4, 0.5) is 0 Å². The second-order valence-electron chi connectivity index (χ2n) is 4.37. The molecule has 0 aromatic heterocycles. The van der Waals surface area contributed by atoms with E-state index < -0.39 is 0 Å². The summed E-state index contributed by atoms with van der Waals surface area (Å²) in [6.45, 7) is 4.31. The van der Waals surface area contributed by atoms with Gasteiger partial charge < -0.3 is 4.79 Å². The van der Waals surface area contributed by atoms with Crippen molar-refractivity contribution in [2.75, 3.05) is 0 Å². The monoisotopic (exact) mass is 174 g/mol. The quantitative estimate of drug-likeness (QED) is 0.630. The van der Waals surface area contributed by atoms with Crippen LogP contribution in [0.2, 0.25) is 0 Å². The smallest absolute Gasteiger partial charge is 0.124 e. The maximum Gasteiger partial charge on any atom is 0.124 e. The predicted molar refractivity (Wildman–Crippen MR) is 52.5 cm³/mol. The Morgan fingerprint density at radius 1 is 1.23 bits per heavy atom. The van der Waals surface area contributed by atoms with Crippen LogP contribution < -0.4 is 0 Å². The molecule has 1 aromatic rings. The zero-order chi connectivity index (χ0) is 9.47. The molecule has 1 heteroatoms. The lowest BCUT2D eigenvalue weighted by atomic mass is 10.0. The SMILES string of the molecule is CC1(C)C(C=O)C1c1ccccc1. The molecular formula is C12H14O. The lowest BCUT2D eigenvalue weighted by molar-refractivity contribution is -0.109. The van der Waals surface area contributed by atoms with Gasteiger partial charge in [-0.3, -0.25) is 0 Å². The molecule has 0 heterocycles. The van der Waals surface area contributed by atoms with Crippen molar-refractivity contribution in [1.82, 2.24) is 0 Å². The average Bonchev–Trinajstić information content (AvgIpc) is 2.69. The Hall–Kier alpha value is -1.11. The maximum atomic E-state index is 10.8. The molecule has 1 fully saturated rings. The molecular weight excluding hydrogens is 160 g/mol. The number of carbonyl (C=O) groups is 1. The zero-order valence-electron chi connectivity index (χ0n) is 8.03. The summed E-state index contributed by atoms with van der Waals surface area (Å²) in [7, 11) is 0. The normalized spacial score (nSPS) is 29.7. The molecule has 2 unspecified atom stereocenters. The summed E-state index contributed by atoms with van der Waals surface area (Å²) < 4.78 is 0. The van der Waals surface area contributed by atoms with Crippen LogP contribution in [-0.4, -0.2) is 6.29 Å². The molecule has 1 saturated carbocycles. The summed E-state index contributed by atoms with van der Waals surface area (Å²) in [6, 6.07) is 10.3. The Kier molecular flexibility index (Phi) is 1.76. The van der Waals surface area contributed by atoms with E-state index in [-0.39, 0.29) is 11.3 Å². The van der Waals surface area contributed by atoms with Gasteiger partial charge in [0.2, 0.25) is 0 Å². The van der Waals surface area contributed by atoms with Crippen LogP contribution in [0.15, 0.2) is 30.3 Å². The minimum Gasteiger partial charge on any atom is -0.303 e. The van der Waals surface area contributed by atoms with Crippen LogP contribution in [0.1, 0.15) is 25.3 Å². The molecule has 0 radical (unpaired) electrons. The molecule has 0 aliphatic heterocycles. The van der Waals surface area contributed by atoms with Crippen LogP contribution in [0.25, 0.3) is 0 Å². The van der Waals surface area contributed by atoms with E-state index in [9.17, 15) is 4.79 Å². The van der Waals surface area contributed by atoms with E-state index in [1.807, 2.05) is 18.2 Å². The topological polar surface area (TPSA) is 17.1 Å². The Labute approximate surface area is 78.8 Å². The number of rotatable bonds is 2. The van der Waals surface area contributed by atoms with Crippen molar-refractivity contribution >= 4 is 6.29 Å². The molecule has 13 heavy (non-hydrogen) atoms. The molecule has 0 saturated heterocycles. The van der Waals surface area contributed by atoms with Gasteiger partial charge in [0.25, 0.3) is 0 Å². The minimum atomic E-state index is 0.170. The van der Waals surface area contributed by atoms with Crippen molar-refractivity contribution in [3.8, 4) is 0 Å². The lowest BCUT2D eigenvalue weighted by Crippen LogP contribution is -1.90. The first-order chi connectivity index (χ1) is 6.18. The van der Waals surface area contributed by atoms with Gasteiger partial charge in [0, 0.05) is 5.92 Å². The Morgan fingerprint density at radius 2 is 1.85 bits per heavy atom. The van der Waals surface area contributed by atoms with Crippen molar-refractivity contribution in [3.63, 3.8) is 0 Å². The van der Waals surface area contributed by atoms with Gasteiger partial charge in [0.05, 0.1) is 0 Å². The second-order valence-corrected chi connectivity index (χ2v) is 4.37. The number of benzene rings is 1. The molecule has 1 nitrogen and oxygen atoms in total. The fourth-order valence-electron chi connectivity index (χ4n) is 2.23. The highest BCUT2D eigenvalue weighted by Crippen LogP contribution is 2.63. The van der Waals surface area contributed by atoms with Crippen LogP contribution in [0.3, 0.4) is 0 Å². The molecule has 0 spiro atoms. The average molecular weight is 174 g/mol. The number of carbonyl (C=O) groups excluding carboxylic acids is 1. The Morgan fingerprint density at radius 3 is 2.31 bits per heavy atom. The van der Waals surface area contributed by atoms with Gasteiger partial charge in [-0.2, -0.15) is 0 Å². The third-order valence-electron chi connectivity index (χ3n) is 3.22. The van der Waals surface area contributed by atoms with E-state index in [0.717, 1.165) is 6.29 Å². The van der Waals surface area contributed by atoms with Gasteiger partial charge in [-0.15, -0.1) is 0 Å². The number of aldehydes is 1. The first-order valence-corrected chi connectivity index (χ1v) is 4.68. The van der Waals surface area contributed by atoms with Crippen molar-refractivity contribution in [2.45, 2.75) is 19.8 Å². The zero-order valence-corrected chi connectivity index (χ0v) is 8.03. The van der Waals surface area contributed by atoms with E-state index in [4.69, 9.17) is 0 Å². The van der Waals surface area contributed by atoms with E-state index >= 15 is 0 Å². The van der Waals surface area contributed by atoms with Crippen molar-refractivity contribution in [2.24, 2.45) is 11.3 Å². The molecule has 1 aromatic carbocycles. The van der Waals surface area contributed by atoms with Crippen LogP contribution >= 0.6 is 0 Å². The molecule has 0 N–H and O–H groups in total. The molecule has 1 aliphatic rings. The molecule has 0 amide bonds. The van der Waals surface area contributed by atoms with Gasteiger partial charge in [0.1, 0.15) is 6.29 Å². The predicted octanol–water partition coefficient (Wildman–Crippen LogP) is 2.63. The van der Waals surface area contributed by atoms with Gasteiger partial charge >= 0.3 is 0 Å². The molecule has 1 aliphatic carbocycles. The Balaban J connectivity index is 2.27. The third-order valence-corrected chi connectivity index (χ3v) is 3.22. The summed E-state index contributed by atoms with van der Waals surface area (Å²) >= 11 is 0. The van der Waals surface area contributed by atoms with Crippen molar-refractivity contribution in [1.29, 1.82) is 0 Å². The highest BCUT2D eigenvalue weighted by atomic mass is 16.1. The third kappa shape index (κ3) is 1.19. The maximum absolute atomic E-state index is 10.8. The first kappa shape index (κ1) is 8.49. The van der Waals surface area contributed by atoms with Crippen molar-refractivity contribution < 1.29 is 4.79 Å². The fourth-order valence-corrected chi connectivity index (χ4v) is 2.23. The number of hydrogen-bond acceptors (Lipinski definition) is 1. The minimum absolute atomic E-state index is 0.170. The fraction of sp³-hybridized carbons (Fsp3) is 0.417. The van der Waals surface area contributed by atoms with Gasteiger partial charge in [-0.05, 0) is 16.9 Å². The summed E-state index contributed by atoms with van der Waals surface area (Å²) in [5.41, 5.74) is 1.47. The molecule has 0 bridgehead atoms. The first-order valence-electron chi connectivity index (χ1n) is 4.68. The summed E-state index contributed by atoms with van der Waals surface area (Å²) in [4.78, 5) is 10.8. The van der Waals surface area contributed by atoms with Crippen molar-refractivity contribution in [3.05, 3.63) is 35.9 Å². The van der Waals surface area contributed by atoms with E-state index in [1.165, 1.54) is 5.56 Å². The van der Waals surface area contributed by atoms with E-state index in [0.29, 0.717) is 5.92 Å². The summed E-state index contributed by atoms with van der Waals surface area (Å²) in [5, 5.41) is 0. The summed E-state index contributed by atoms with van der Waals surface area (Å²) in [6.07, 6.45) is 1.09. The standard InChI is InChI=1S/C12H14O/c1-12(2)10(8-13)11(12)9-6-4-3-5-7-9/h3-8,10-11H,1-2H3. The van der Waals surface area contributed by atoms with Gasteiger partial charge in [-0.1, -0.05) is 44.2 Å². The molecule has 68 valence electrons. The van der Waals surface area contributed by atoms with Crippen LogP contribution in [-0.2, 0) is 4.79 Å². The largest absolute Gasteiger partial charge is 0.303 e. The van der Waals surface area contributed by atoms with Crippen LogP contribution in [0.5, 0.6) is 0 Å². The number of hydrogen-bond donors (Lipinski definition) is 0. The summed E-state index contributed by atoms with van der Waals surface area (Å²) in [5.74, 6) is 0.654. The van der Waals surface area contributed by atoms with E-state index in [2.05, 4.69) is 26.0 Å². The van der Waals surface area contributed by atoms with Gasteiger partial charge in [0.15, 0.2) is 0 Å². The Bertz CT molecular complexity index is 313. The molecule has 2 rings (SSSR count). The van der Waals surface area contributed by atoms with E-state index in [1.54, 1.807) is 0 Å².